The molecule has 0 N–H and O–H groups in total. The van der Waals surface area contributed by atoms with Crippen LogP contribution in [-0.4, -0.2) is 37.2 Å². The third-order valence-electron chi connectivity index (χ3n) is 12.2. The van der Waals surface area contributed by atoms with Gasteiger partial charge < -0.3 is 14.2 Å². The van der Waals surface area contributed by atoms with E-state index in [-0.39, 0.29) is 31.1 Å². The van der Waals surface area contributed by atoms with Crippen LogP contribution in [0.3, 0.4) is 0 Å². The number of allylic oxidation sites excluding steroid dienone is 4. The van der Waals surface area contributed by atoms with E-state index in [0.717, 1.165) is 70.6 Å². The van der Waals surface area contributed by atoms with Crippen molar-refractivity contribution in [3.05, 3.63) is 24.3 Å². The summed E-state index contributed by atoms with van der Waals surface area (Å²) in [6, 6.07) is 0. The highest BCUT2D eigenvalue weighted by atomic mass is 16.6. The van der Waals surface area contributed by atoms with Gasteiger partial charge in [-0.15, -0.1) is 0 Å². The summed E-state index contributed by atoms with van der Waals surface area (Å²) in [5.41, 5.74) is 0. The largest absolute Gasteiger partial charge is 0.462 e. The molecule has 0 rings (SSSR count). The molecule has 0 spiro atoms. The molecule has 0 saturated heterocycles. The molecule has 0 saturated carbocycles. The maximum atomic E-state index is 12.8. The molecular weight excluding hydrogens is 769 g/mol. The molecule has 0 aliphatic heterocycles. The van der Waals surface area contributed by atoms with Gasteiger partial charge in [0.1, 0.15) is 13.2 Å². The van der Waals surface area contributed by atoms with E-state index >= 15 is 0 Å². The van der Waals surface area contributed by atoms with Gasteiger partial charge >= 0.3 is 17.9 Å². The maximum Gasteiger partial charge on any atom is 0.306 e. The Balaban J connectivity index is 4.34. The molecule has 6 heteroatoms. The molecule has 0 aromatic heterocycles. The van der Waals surface area contributed by atoms with Crippen LogP contribution in [-0.2, 0) is 28.6 Å². The first-order valence-corrected chi connectivity index (χ1v) is 27.3. The smallest absolute Gasteiger partial charge is 0.306 e. The van der Waals surface area contributed by atoms with Crippen molar-refractivity contribution in [3.8, 4) is 0 Å². The molecule has 62 heavy (non-hydrogen) atoms. The molecule has 0 heterocycles. The molecular formula is C56H104O6. The third-order valence-corrected chi connectivity index (χ3v) is 12.2. The average Bonchev–Trinajstić information content (AvgIpc) is 3.27. The summed E-state index contributed by atoms with van der Waals surface area (Å²) in [6.07, 6.45) is 58.7. The van der Waals surface area contributed by atoms with E-state index in [1.807, 2.05) is 0 Å². The molecule has 0 aromatic carbocycles. The summed E-state index contributed by atoms with van der Waals surface area (Å²) >= 11 is 0. The Morgan fingerprint density at radius 2 is 0.532 bits per heavy atom. The van der Waals surface area contributed by atoms with Gasteiger partial charge in [-0.25, -0.2) is 0 Å². The van der Waals surface area contributed by atoms with Crippen LogP contribution in [0.1, 0.15) is 297 Å². The van der Waals surface area contributed by atoms with E-state index in [1.54, 1.807) is 0 Å². The molecule has 0 radical (unpaired) electrons. The van der Waals surface area contributed by atoms with Gasteiger partial charge in [-0.2, -0.15) is 0 Å². The lowest BCUT2D eigenvalue weighted by Gasteiger charge is -2.18. The second-order valence-electron chi connectivity index (χ2n) is 18.5. The van der Waals surface area contributed by atoms with Gasteiger partial charge in [0.25, 0.3) is 0 Å². The van der Waals surface area contributed by atoms with Crippen LogP contribution in [0.4, 0.5) is 0 Å². The van der Waals surface area contributed by atoms with Crippen molar-refractivity contribution < 1.29 is 28.6 Å². The first-order chi connectivity index (χ1) is 30.5. The van der Waals surface area contributed by atoms with Gasteiger partial charge in [0.15, 0.2) is 6.10 Å². The zero-order chi connectivity index (χ0) is 45.1. The van der Waals surface area contributed by atoms with E-state index in [9.17, 15) is 14.4 Å². The number of rotatable bonds is 50. The van der Waals surface area contributed by atoms with Gasteiger partial charge in [0, 0.05) is 19.3 Å². The fourth-order valence-corrected chi connectivity index (χ4v) is 8.02. The molecule has 0 amide bonds. The lowest BCUT2D eigenvalue weighted by atomic mass is 10.0. The van der Waals surface area contributed by atoms with E-state index < -0.39 is 6.10 Å². The summed E-state index contributed by atoms with van der Waals surface area (Å²) in [6.45, 7) is 6.63. The van der Waals surface area contributed by atoms with Crippen LogP contribution in [0, 0.1) is 0 Å². The third kappa shape index (κ3) is 48.9. The quantitative estimate of drug-likeness (QED) is 0.0262. The molecule has 0 bridgehead atoms. The number of ether oxygens (including phenoxy) is 3. The highest BCUT2D eigenvalue weighted by molar-refractivity contribution is 5.71. The minimum Gasteiger partial charge on any atom is -0.462 e. The number of carbonyl (C=O) groups is 3. The molecule has 6 nitrogen and oxygen atoms in total. The number of carbonyl (C=O) groups excluding carboxylic acids is 3. The van der Waals surface area contributed by atoms with Crippen molar-refractivity contribution in [2.45, 2.75) is 303 Å². The van der Waals surface area contributed by atoms with Crippen LogP contribution in [0.25, 0.3) is 0 Å². The van der Waals surface area contributed by atoms with Gasteiger partial charge in [0.2, 0.25) is 0 Å². The second kappa shape index (κ2) is 51.5. The van der Waals surface area contributed by atoms with Crippen molar-refractivity contribution in [1.29, 1.82) is 0 Å². The van der Waals surface area contributed by atoms with E-state index in [0.29, 0.717) is 19.3 Å². The molecule has 0 aliphatic rings. The normalized spacial score (nSPS) is 12.1. The van der Waals surface area contributed by atoms with E-state index in [4.69, 9.17) is 14.2 Å². The Labute approximate surface area is 385 Å². The maximum absolute atomic E-state index is 12.8. The van der Waals surface area contributed by atoms with Crippen LogP contribution in [0.5, 0.6) is 0 Å². The summed E-state index contributed by atoms with van der Waals surface area (Å²) in [5, 5.41) is 0. The lowest BCUT2D eigenvalue weighted by Crippen LogP contribution is -2.30. The number of hydrogen-bond donors (Lipinski definition) is 0. The summed E-state index contributed by atoms with van der Waals surface area (Å²) in [5.74, 6) is -0.875. The van der Waals surface area contributed by atoms with Crippen molar-refractivity contribution in [2.75, 3.05) is 13.2 Å². The van der Waals surface area contributed by atoms with Crippen molar-refractivity contribution in [2.24, 2.45) is 0 Å². The number of hydrogen-bond acceptors (Lipinski definition) is 6. The fraction of sp³-hybridized carbons (Fsp3) is 0.875. The lowest BCUT2D eigenvalue weighted by molar-refractivity contribution is -0.167. The minimum atomic E-state index is -0.773. The Kier molecular flexibility index (Phi) is 49.8. The first kappa shape index (κ1) is 59.9. The summed E-state index contributed by atoms with van der Waals surface area (Å²) in [4.78, 5) is 38.0. The predicted molar refractivity (Wildman–Crippen MR) is 266 cm³/mol. The predicted octanol–water partition coefficient (Wildman–Crippen LogP) is 17.9. The monoisotopic (exact) mass is 873 g/mol. The highest BCUT2D eigenvalue weighted by Crippen LogP contribution is 2.16. The topological polar surface area (TPSA) is 78.9 Å². The number of esters is 3. The molecule has 364 valence electrons. The Morgan fingerprint density at radius 1 is 0.306 bits per heavy atom. The van der Waals surface area contributed by atoms with Crippen LogP contribution >= 0.6 is 0 Å². The second-order valence-corrected chi connectivity index (χ2v) is 18.5. The zero-order valence-electron chi connectivity index (χ0n) is 41.7. The summed E-state index contributed by atoms with van der Waals surface area (Å²) < 4.78 is 16.8. The van der Waals surface area contributed by atoms with Crippen LogP contribution in [0.15, 0.2) is 24.3 Å². The van der Waals surface area contributed by atoms with Gasteiger partial charge in [-0.3, -0.25) is 14.4 Å². The molecule has 0 aromatic rings. The average molecular weight is 873 g/mol. The van der Waals surface area contributed by atoms with Gasteiger partial charge in [-0.05, 0) is 70.6 Å². The zero-order valence-corrected chi connectivity index (χ0v) is 41.7. The van der Waals surface area contributed by atoms with Gasteiger partial charge in [0.05, 0.1) is 0 Å². The van der Waals surface area contributed by atoms with Crippen LogP contribution in [0.2, 0.25) is 0 Å². The van der Waals surface area contributed by atoms with Crippen molar-refractivity contribution >= 4 is 17.9 Å². The first-order valence-electron chi connectivity index (χ1n) is 27.3. The Bertz CT molecular complexity index is 1000. The Hall–Kier alpha value is -2.11. The fourth-order valence-electron chi connectivity index (χ4n) is 8.02. The standard InChI is InChI=1S/C56H104O6/c1-4-7-10-13-16-19-22-25-27-29-31-34-37-40-43-46-49-55(58)61-52-53(51-60-54(57)48-45-42-39-36-33-24-21-18-15-12-9-6-3)62-56(59)50-47-44-41-38-35-32-30-28-26-23-20-17-14-11-8-5-2/h18,21,27,29,53H,4-17,19-20,22-26,28,30-52H2,1-3H3/b21-18-,29-27-. The minimum absolute atomic E-state index is 0.0744. The summed E-state index contributed by atoms with van der Waals surface area (Å²) in [7, 11) is 0. The van der Waals surface area contributed by atoms with Gasteiger partial charge in [-0.1, -0.05) is 231 Å². The van der Waals surface area contributed by atoms with Crippen molar-refractivity contribution in [3.63, 3.8) is 0 Å². The Morgan fingerprint density at radius 3 is 0.839 bits per heavy atom. The SMILES string of the molecule is CCCCC/C=C\CCCCCCCC(=O)OCC(COC(=O)CCCCCCC/C=C\CCCCCCCCC)OC(=O)CCCCCCCCCCCCCCCCCC. The van der Waals surface area contributed by atoms with E-state index in [2.05, 4.69) is 45.1 Å². The molecule has 1 unspecified atom stereocenters. The molecule has 1 atom stereocenters. The molecule has 0 aliphatic carbocycles. The highest BCUT2D eigenvalue weighted by Gasteiger charge is 2.19. The van der Waals surface area contributed by atoms with Crippen LogP contribution < -0.4 is 0 Å². The van der Waals surface area contributed by atoms with Crippen molar-refractivity contribution in [1.82, 2.24) is 0 Å². The molecule has 0 fully saturated rings. The number of unbranched alkanes of at least 4 members (excludes halogenated alkanes) is 35. The van der Waals surface area contributed by atoms with E-state index in [1.165, 1.54) is 186 Å².